The van der Waals surface area contributed by atoms with Gasteiger partial charge in [0, 0.05) is 66.0 Å². The Morgan fingerprint density at radius 1 is 0.721 bits per heavy atom. The van der Waals surface area contributed by atoms with Crippen LogP contribution in [0.4, 0.5) is 0 Å². The van der Waals surface area contributed by atoms with Crippen molar-refractivity contribution in [3.05, 3.63) is 184 Å². The summed E-state index contributed by atoms with van der Waals surface area (Å²) in [6, 6.07) is 37.6. The standard InChI is InChI=1S/C53H50N3O11P/c57-40-20-23-45-47(32-40)66-48-33-41(58)21-24-46(48)53(45)44-22-19-38(31-43(44)52(61)67-53)50(60)55-27-7-2-1-6-26-54-49(59)25-18-36-14-8-13-35(29-36)15-10-28-65-42-17-9-16-39(30-42)51(68(62,63)64)56-34-37-11-4-3-5-12-37/h3-5,8-9,11-14,16-17,19-24,29-33,51,56-58H,1-2,6-7,18,25-28,34H2,(H,54,59)(H,55,60)(H2,62,63,64). The largest absolute Gasteiger partial charge is 0.508 e. The van der Waals surface area contributed by atoms with Gasteiger partial charge in [-0.25, -0.2) is 4.79 Å². The Morgan fingerprint density at radius 2 is 1.40 bits per heavy atom. The molecule has 2 heterocycles. The third kappa shape index (κ3) is 11.1. The third-order valence-corrected chi connectivity index (χ3v) is 12.9. The van der Waals surface area contributed by atoms with E-state index in [0.29, 0.717) is 59.5 Å². The molecule has 0 aliphatic carbocycles. The summed E-state index contributed by atoms with van der Waals surface area (Å²) in [4.78, 5) is 59.3. The lowest BCUT2D eigenvalue weighted by Crippen LogP contribution is -2.33. The molecule has 2 aliphatic heterocycles. The monoisotopic (exact) mass is 935 g/mol. The van der Waals surface area contributed by atoms with E-state index in [1.807, 2.05) is 54.6 Å². The molecule has 0 saturated carbocycles. The highest BCUT2D eigenvalue weighted by Crippen LogP contribution is 2.57. The van der Waals surface area contributed by atoms with Crippen molar-refractivity contribution in [2.75, 3.05) is 19.7 Å². The number of hydrogen-bond donors (Lipinski definition) is 7. The lowest BCUT2D eigenvalue weighted by molar-refractivity contribution is -0.121. The molecule has 6 aromatic rings. The van der Waals surface area contributed by atoms with Crippen LogP contribution in [-0.2, 0) is 32.7 Å². The lowest BCUT2D eigenvalue weighted by atomic mass is 9.77. The van der Waals surface area contributed by atoms with Crippen molar-refractivity contribution < 1.29 is 53.2 Å². The number of fused-ring (bicyclic) bond motifs is 6. The predicted octanol–water partition coefficient (Wildman–Crippen LogP) is 8.10. The van der Waals surface area contributed by atoms with Gasteiger partial charge in [0.2, 0.25) is 5.91 Å². The third-order valence-electron chi connectivity index (χ3n) is 11.7. The Kier molecular flexibility index (Phi) is 14.6. The fraction of sp³-hybridized carbons (Fsp3) is 0.226. The number of rotatable bonds is 18. The van der Waals surface area contributed by atoms with E-state index < -0.39 is 24.9 Å². The summed E-state index contributed by atoms with van der Waals surface area (Å²) in [5.74, 6) is 4.77. The van der Waals surface area contributed by atoms with Crippen molar-refractivity contribution in [1.82, 2.24) is 16.0 Å². The number of aryl methyl sites for hydroxylation is 1. The van der Waals surface area contributed by atoms with Gasteiger partial charge in [-0.05, 0) is 96.6 Å². The zero-order valence-corrected chi connectivity index (χ0v) is 37.8. The Bertz CT molecular complexity index is 2890. The van der Waals surface area contributed by atoms with Gasteiger partial charge in [-0.2, -0.15) is 0 Å². The number of benzene rings is 6. The minimum atomic E-state index is -4.53. The zero-order valence-electron chi connectivity index (χ0n) is 36.9. The van der Waals surface area contributed by atoms with Crippen LogP contribution in [0.2, 0.25) is 0 Å². The van der Waals surface area contributed by atoms with Gasteiger partial charge < -0.3 is 44.8 Å². The van der Waals surface area contributed by atoms with Gasteiger partial charge in [-0.15, -0.1) is 0 Å². The number of esters is 1. The normalized spacial score (nSPS) is 13.4. The van der Waals surface area contributed by atoms with Crippen molar-refractivity contribution in [3.8, 4) is 40.6 Å². The number of unbranched alkanes of at least 4 members (excludes halogenated alkanes) is 3. The zero-order chi connectivity index (χ0) is 47.7. The Hall–Kier alpha value is -7.40. The Labute approximate surface area is 393 Å². The molecule has 0 aromatic heterocycles. The van der Waals surface area contributed by atoms with Crippen molar-refractivity contribution in [2.45, 2.75) is 56.5 Å². The second-order valence-corrected chi connectivity index (χ2v) is 18.2. The maximum Gasteiger partial charge on any atom is 0.346 e. The first-order chi connectivity index (χ1) is 32.9. The number of phenolic OH excluding ortho intramolecular Hbond substituents is 2. The van der Waals surface area contributed by atoms with E-state index in [0.717, 1.165) is 42.4 Å². The van der Waals surface area contributed by atoms with E-state index in [-0.39, 0.29) is 53.5 Å². The lowest BCUT2D eigenvalue weighted by Gasteiger charge is -2.36. The topological polar surface area (TPSA) is 213 Å². The number of aromatic hydroxyl groups is 2. The van der Waals surface area contributed by atoms with Gasteiger partial charge in [-0.3, -0.25) is 19.5 Å². The molecule has 0 radical (unpaired) electrons. The Balaban J connectivity index is 0.733. The molecule has 0 saturated heterocycles. The second kappa shape index (κ2) is 21.1. The van der Waals surface area contributed by atoms with Crippen LogP contribution in [-0.4, -0.2) is 57.5 Å². The Morgan fingerprint density at radius 3 is 2.12 bits per heavy atom. The highest BCUT2D eigenvalue weighted by molar-refractivity contribution is 7.52. The summed E-state index contributed by atoms with van der Waals surface area (Å²) >= 11 is 0. The number of phenols is 2. The molecule has 14 nitrogen and oxygen atoms in total. The van der Waals surface area contributed by atoms with Crippen molar-refractivity contribution in [1.29, 1.82) is 0 Å². The van der Waals surface area contributed by atoms with Crippen LogP contribution in [0.3, 0.4) is 0 Å². The maximum atomic E-state index is 13.4. The first kappa shape index (κ1) is 47.1. The minimum Gasteiger partial charge on any atom is -0.508 e. The van der Waals surface area contributed by atoms with Crippen LogP contribution >= 0.6 is 7.60 Å². The van der Waals surface area contributed by atoms with E-state index in [1.54, 1.807) is 48.5 Å². The molecule has 68 heavy (non-hydrogen) atoms. The highest BCUT2D eigenvalue weighted by Gasteiger charge is 2.53. The maximum absolute atomic E-state index is 13.4. The van der Waals surface area contributed by atoms with Gasteiger partial charge in [0.05, 0.1) is 5.56 Å². The van der Waals surface area contributed by atoms with Crippen molar-refractivity contribution in [2.24, 2.45) is 0 Å². The van der Waals surface area contributed by atoms with E-state index in [4.69, 9.17) is 14.2 Å². The van der Waals surface area contributed by atoms with Crippen LogP contribution in [0.15, 0.2) is 133 Å². The summed E-state index contributed by atoms with van der Waals surface area (Å²) in [6.07, 6.45) is 4.09. The van der Waals surface area contributed by atoms with E-state index >= 15 is 0 Å². The average Bonchev–Trinajstić information content (AvgIpc) is 3.61. The predicted molar refractivity (Wildman–Crippen MR) is 253 cm³/mol. The number of nitrogens with one attached hydrogen (secondary N) is 3. The molecule has 348 valence electrons. The van der Waals surface area contributed by atoms with Gasteiger partial charge >= 0.3 is 13.6 Å². The number of ether oxygens (including phenoxy) is 3. The first-order valence-corrected chi connectivity index (χ1v) is 24.0. The molecule has 1 spiro atoms. The molecule has 1 atom stereocenters. The molecule has 8 rings (SSSR count). The summed E-state index contributed by atoms with van der Waals surface area (Å²) in [7, 11) is -4.53. The van der Waals surface area contributed by atoms with Crippen LogP contribution < -0.4 is 25.4 Å². The minimum absolute atomic E-state index is 0.0412. The molecular formula is C53H50N3O11P. The number of hydrogen-bond acceptors (Lipinski definition) is 10. The van der Waals surface area contributed by atoms with E-state index in [2.05, 4.69) is 27.8 Å². The summed E-state index contributed by atoms with van der Waals surface area (Å²) in [6.45, 7) is 1.32. The number of carbonyl (C=O) groups is 3. The van der Waals surface area contributed by atoms with Gasteiger partial charge in [0.1, 0.15) is 41.1 Å². The second-order valence-electron chi connectivity index (χ2n) is 16.5. The van der Waals surface area contributed by atoms with E-state index in [1.165, 1.54) is 30.3 Å². The molecule has 2 aliphatic rings. The summed E-state index contributed by atoms with van der Waals surface area (Å²) < 4.78 is 30.3. The number of amides is 2. The van der Waals surface area contributed by atoms with Crippen LogP contribution in [0.25, 0.3) is 0 Å². The fourth-order valence-electron chi connectivity index (χ4n) is 8.41. The summed E-state index contributed by atoms with van der Waals surface area (Å²) in [5, 5.41) is 29.2. The van der Waals surface area contributed by atoms with Gasteiger partial charge in [0.15, 0.2) is 5.60 Å². The molecule has 0 fully saturated rings. The smallest absolute Gasteiger partial charge is 0.346 e. The van der Waals surface area contributed by atoms with Crippen molar-refractivity contribution in [3.63, 3.8) is 0 Å². The highest BCUT2D eigenvalue weighted by atomic mass is 31.2. The molecule has 2 amide bonds. The van der Waals surface area contributed by atoms with Crippen LogP contribution in [0.5, 0.6) is 28.7 Å². The van der Waals surface area contributed by atoms with E-state index in [9.17, 15) is 38.9 Å². The average molecular weight is 936 g/mol. The number of carbonyl (C=O) groups excluding carboxylic acids is 3. The fourth-order valence-corrected chi connectivity index (χ4v) is 9.28. The van der Waals surface area contributed by atoms with Crippen LogP contribution in [0.1, 0.15) is 97.5 Å². The first-order valence-electron chi connectivity index (χ1n) is 22.3. The SMILES string of the molecule is O=C(CCc1cccc(C#CCOc2cccc(C(NCc3ccccc3)P(=O)(O)O)c2)c1)NCCCCCCNC(=O)c1ccc2c(c1)C(=O)OC21c2ccc(O)cc2Oc2cc(O)ccc21. The van der Waals surface area contributed by atoms with Crippen LogP contribution in [0, 0.1) is 11.8 Å². The van der Waals surface area contributed by atoms with Gasteiger partial charge in [-0.1, -0.05) is 85.3 Å². The molecule has 15 heteroatoms. The summed E-state index contributed by atoms with van der Waals surface area (Å²) in [5.41, 5.74) is 3.69. The molecule has 0 bridgehead atoms. The molecule has 6 aromatic carbocycles. The van der Waals surface area contributed by atoms with Crippen molar-refractivity contribution >= 4 is 25.4 Å². The molecule has 1 unspecified atom stereocenters. The molecule has 7 N–H and O–H groups in total. The quantitative estimate of drug-likeness (QED) is 0.0189. The van der Waals surface area contributed by atoms with Gasteiger partial charge in [0.25, 0.3) is 5.91 Å². The molecular weight excluding hydrogens is 886 g/mol.